The Balaban J connectivity index is 0.00000144. The fourth-order valence-corrected chi connectivity index (χ4v) is 1.28. The van der Waals surface area contributed by atoms with E-state index in [1.54, 1.807) is 12.1 Å². The van der Waals surface area contributed by atoms with Gasteiger partial charge in [0, 0.05) is 0 Å². The lowest BCUT2D eigenvalue weighted by Crippen LogP contribution is -2.19. The molecule has 1 heterocycles. The average Bonchev–Trinajstić information content (AvgIpc) is 3.05. The van der Waals surface area contributed by atoms with Crippen LogP contribution in [0.1, 0.15) is 12.8 Å². The van der Waals surface area contributed by atoms with Crippen molar-refractivity contribution in [3.8, 4) is 0 Å². The molecule has 17 heavy (non-hydrogen) atoms. The predicted molar refractivity (Wildman–Crippen MR) is 68.1 cm³/mol. The van der Waals surface area contributed by atoms with E-state index in [1.165, 1.54) is 19.0 Å². The second-order valence-electron chi connectivity index (χ2n) is 3.98. The summed E-state index contributed by atoms with van der Waals surface area (Å²) >= 11 is 0. The van der Waals surface area contributed by atoms with Gasteiger partial charge < -0.3 is 15.8 Å². The molecule has 1 fully saturated rings. The number of pyridine rings is 1. The van der Waals surface area contributed by atoms with Gasteiger partial charge in [0.05, 0.1) is 18.5 Å². The van der Waals surface area contributed by atoms with Crippen LogP contribution < -0.4 is 11.1 Å². The smallest absolute Gasteiger partial charge is 0.250 e. The molecule has 0 radical (unpaired) electrons. The fourth-order valence-electron chi connectivity index (χ4n) is 1.28. The summed E-state index contributed by atoms with van der Waals surface area (Å²) in [7, 11) is 0. The van der Waals surface area contributed by atoms with E-state index in [4.69, 9.17) is 10.5 Å². The molecule has 2 rings (SSSR count). The number of hydrogen-bond donors (Lipinski definition) is 2. The Morgan fingerprint density at radius 3 is 2.88 bits per heavy atom. The first-order valence-corrected chi connectivity index (χ1v) is 5.33. The van der Waals surface area contributed by atoms with E-state index in [0.717, 1.165) is 0 Å². The second kappa shape index (κ2) is 6.42. The van der Waals surface area contributed by atoms with Crippen LogP contribution in [0.15, 0.2) is 18.3 Å². The number of hydrogen-bond acceptors (Lipinski definition) is 4. The average molecular weight is 258 g/mol. The van der Waals surface area contributed by atoms with E-state index in [-0.39, 0.29) is 24.9 Å². The minimum absolute atomic E-state index is 0. The largest absolute Gasteiger partial charge is 0.384 e. The number of nitrogen functional groups attached to an aromatic ring is 1. The van der Waals surface area contributed by atoms with Gasteiger partial charge in [-0.05, 0) is 30.9 Å². The number of halogens is 1. The van der Waals surface area contributed by atoms with Crippen LogP contribution in [0.5, 0.6) is 0 Å². The number of aromatic nitrogens is 1. The number of ether oxygens (including phenoxy) is 1. The van der Waals surface area contributed by atoms with Crippen LogP contribution in [0, 0.1) is 5.92 Å². The van der Waals surface area contributed by atoms with Crippen molar-refractivity contribution in [2.45, 2.75) is 12.8 Å². The van der Waals surface area contributed by atoms with Crippen LogP contribution >= 0.6 is 12.4 Å². The summed E-state index contributed by atoms with van der Waals surface area (Å²) in [6.07, 6.45) is 3.97. The molecule has 1 saturated carbocycles. The molecule has 0 atom stereocenters. The first-order chi connectivity index (χ1) is 7.74. The zero-order valence-corrected chi connectivity index (χ0v) is 10.2. The van der Waals surface area contributed by atoms with E-state index < -0.39 is 0 Å². The monoisotopic (exact) mass is 257 g/mol. The molecule has 1 aromatic rings. The second-order valence-corrected chi connectivity index (χ2v) is 3.98. The summed E-state index contributed by atoms with van der Waals surface area (Å²) in [6.45, 7) is 0.786. The molecular formula is C11H16ClN3O2. The number of carbonyl (C=O) groups is 1. The summed E-state index contributed by atoms with van der Waals surface area (Å²) in [4.78, 5) is 15.3. The maximum absolute atomic E-state index is 11.4. The molecule has 1 amide bonds. The maximum atomic E-state index is 11.4. The van der Waals surface area contributed by atoms with Crippen molar-refractivity contribution in [3.63, 3.8) is 0 Å². The molecule has 5 nitrogen and oxygen atoms in total. The van der Waals surface area contributed by atoms with Crippen LogP contribution in [0.4, 0.5) is 11.5 Å². The zero-order chi connectivity index (χ0) is 11.4. The van der Waals surface area contributed by atoms with E-state index in [0.29, 0.717) is 24.0 Å². The predicted octanol–water partition coefficient (Wildman–Crippen LogP) is 1.45. The third-order valence-electron chi connectivity index (χ3n) is 2.35. The van der Waals surface area contributed by atoms with Gasteiger partial charge in [0.2, 0.25) is 5.91 Å². The van der Waals surface area contributed by atoms with E-state index in [1.807, 2.05) is 0 Å². The van der Waals surface area contributed by atoms with E-state index >= 15 is 0 Å². The Morgan fingerprint density at radius 2 is 2.29 bits per heavy atom. The fraction of sp³-hybridized carbons (Fsp3) is 0.455. The standard InChI is InChI=1S/C11H15N3O2.ClH/c12-10-4-3-9(5-13-10)14-11(15)7-16-6-8-1-2-8;/h3-5,8H,1-2,6-7H2,(H2,12,13)(H,14,15);1H. The number of carbonyl (C=O) groups excluding carboxylic acids is 1. The number of nitrogens with one attached hydrogen (secondary N) is 1. The van der Waals surface area contributed by atoms with Gasteiger partial charge in [0.15, 0.2) is 0 Å². The Bertz CT molecular complexity index is 365. The van der Waals surface area contributed by atoms with Gasteiger partial charge in [-0.25, -0.2) is 4.98 Å². The highest BCUT2D eigenvalue weighted by molar-refractivity contribution is 5.91. The number of amides is 1. The van der Waals surface area contributed by atoms with Crippen molar-refractivity contribution in [2.75, 3.05) is 24.3 Å². The highest BCUT2D eigenvalue weighted by Gasteiger charge is 2.21. The van der Waals surface area contributed by atoms with Gasteiger partial charge in [-0.3, -0.25) is 4.79 Å². The van der Waals surface area contributed by atoms with Crippen molar-refractivity contribution in [2.24, 2.45) is 5.92 Å². The molecule has 94 valence electrons. The molecule has 0 spiro atoms. The Kier molecular flexibility index (Phi) is 5.18. The topological polar surface area (TPSA) is 77.2 Å². The van der Waals surface area contributed by atoms with Gasteiger partial charge in [-0.1, -0.05) is 0 Å². The van der Waals surface area contributed by atoms with Gasteiger partial charge >= 0.3 is 0 Å². The third-order valence-corrected chi connectivity index (χ3v) is 2.35. The lowest BCUT2D eigenvalue weighted by atomic mass is 10.4. The molecule has 0 bridgehead atoms. The molecular weight excluding hydrogens is 242 g/mol. The van der Waals surface area contributed by atoms with Crippen molar-refractivity contribution in [1.29, 1.82) is 0 Å². The normalized spacial score (nSPS) is 13.9. The molecule has 0 saturated heterocycles. The van der Waals surface area contributed by atoms with Gasteiger partial charge in [0.25, 0.3) is 0 Å². The Hall–Kier alpha value is -1.33. The summed E-state index contributed by atoms with van der Waals surface area (Å²) in [6, 6.07) is 3.35. The molecule has 3 N–H and O–H groups in total. The van der Waals surface area contributed by atoms with Gasteiger partial charge in [-0.15, -0.1) is 12.4 Å². The van der Waals surface area contributed by atoms with Crippen molar-refractivity contribution < 1.29 is 9.53 Å². The third kappa shape index (κ3) is 5.01. The highest BCUT2D eigenvalue weighted by Crippen LogP contribution is 2.28. The van der Waals surface area contributed by atoms with Crippen LogP contribution in [-0.4, -0.2) is 24.1 Å². The summed E-state index contributed by atoms with van der Waals surface area (Å²) in [5, 5.41) is 2.68. The lowest BCUT2D eigenvalue weighted by molar-refractivity contribution is -0.120. The first kappa shape index (κ1) is 13.7. The molecule has 0 aromatic carbocycles. The molecule has 1 aliphatic carbocycles. The van der Waals surface area contributed by atoms with E-state index in [9.17, 15) is 4.79 Å². The summed E-state index contributed by atoms with van der Waals surface area (Å²) < 4.78 is 5.26. The van der Waals surface area contributed by atoms with Crippen LogP contribution in [0.25, 0.3) is 0 Å². The van der Waals surface area contributed by atoms with Gasteiger partial charge in [0.1, 0.15) is 12.4 Å². The first-order valence-electron chi connectivity index (χ1n) is 5.33. The number of nitrogens with zero attached hydrogens (tertiary/aromatic N) is 1. The number of rotatable bonds is 5. The minimum Gasteiger partial charge on any atom is -0.384 e. The zero-order valence-electron chi connectivity index (χ0n) is 9.39. The highest BCUT2D eigenvalue weighted by atomic mass is 35.5. The summed E-state index contributed by atoms with van der Waals surface area (Å²) in [5.74, 6) is 0.946. The Morgan fingerprint density at radius 1 is 1.53 bits per heavy atom. The summed E-state index contributed by atoms with van der Waals surface area (Å²) in [5.41, 5.74) is 6.06. The van der Waals surface area contributed by atoms with Crippen molar-refractivity contribution in [1.82, 2.24) is 4.98 Å². The molecule has 0 aliphatic heterocycles. The van der Waals surface area contributed by atoms with Crippen molar-refractivity contribution in [3.05, 3.63) is 18.3 Å². The number of anilines is 2. The number of nitrogens with two attached hydrogens (primary N) is 1. The van der Waals surface area contributed by atoms with Gasteiger partial charge in [-0.2, -0.15) is 0 Å². The van der Waals surface area contributed by atoms with Crippen molar-refractivity contribution >= 4 is 29.8 Å². The molecule has 1 aromatic heterocycles. The SMILES string of the molecule is Cl.Nc1ccc(NC(=O)COCC2CC2)cn1. The van der Waals surface area contributed by atoms with E-state index in [2.05, 4.69) is 10.3 Å². The molecule has 6 heteroatoms. The Labute approximate surface area is 106 Å². The van der Waals surface area contributed by atoms with Crippen LogP contribution in [0.3, 0.4) is 0 Å². The molecule has 0 unspecified atom stereocenters. The quantitative estimate of drug-likeness (QED) is 0.837. The van der Waals surface area contributed by atoms with Crippen LogP contribution in [0.2, 0.25) is 0 Å². The minimum atomic E-state index is -0.160. The lowest BCUT2D eigenvalue weighted by Gasteiger charge is -2.05. The maximum Gasteiger partial charge on any atom is 0.250 e. The van der Waals surface area contributed by atoms with Crippen LogP contribution in [-0.2, 0) is 9.53 Å². The molecule has 1 aliphatic rings.